The van der Waals surface area contributed by atoms with Crippen molar-refractivity contribution in [3.63, 3.8) is 0 Å². The van der Waals surface area contributed by atoms with Gasteiger partial charge in [0, 0.05) is 35.3 Å². The molecule has 0 bridgehead atoms. The lowest BCUT2D eigenvalue weighted by atomic mass is 10.1. The van der Waals surface area contributed by atoms with Crippen molar-refractivity contribution in [2.24, 2.45) is 20.5 Å². The predicted molar refractivity (Wildman–Crippen MR) is 254 cm³/mol. The van der Waals surface area contributed by atoms with Gasteiger partial charge in [-0.2, -0.15) is 53.0 Å². The number of nitrogens with zero attached hydrogens (tertiary/aromatic N) is 7. The van der Waals surface area contributed by atoms with Gasteiger partial charge in [0.1, 0.15) is 38.3 Å². The van der Waals surface area contributed by atoms with Crippen LogP contribution >= 0.6 is 0 Å². The number of azo groups is 2. The molecule has 0 atom stereocenters. The van der Waals surface area contributed by atoms with Crippen LogP contribution in [0.2, 0.25) is 0 Å². The number of hydrogen-bond acceptors (Lipinski definition) is 26. The summed E-state index contributed by atoms with van der Waals surface area (Å²) < 4.78 is 210. The first-order chi connectivity index (χ1) is 34.4. The number of halogens is 1. The molecule has 0 aliphatic rings. The fourth-order valence-electron chi connectivity index (χ4n) is 6.24. The molecule has 0 spiro atoms. The molecule has 37 heteroatoms. The van der Waals surface area contributed by atoms with E-state index in [1.165, 1.54) is 31.3 Å². The lowest BCUT2D eigenvalue weighted by Gasteiger charge is -2.13. The van der Waals surface area contributed by atoms with E-state index >= 15 is 0 Å². The van der Waals surface area contributed by atoms with Gasteiger partial charge in [-0.25, -0.2) is 25.2 Å². The van der Waals surface area contributed by atoms with E-state index in [1.54, 1.807) is 0 Å². The number of sulfone groups is 2. The molecule has 0 unspecified atom stereocenters. The van der Waals surface area contributed by atoms with Crippen LogP contribution < -0.4 is 20.7 Å². The Morgan fingerprint density at radius 3 is 1.65 bits per heavy atom. The molecule has 396 valence electrons. The summed E-state index contributed by atoms with van der Waals surface area (Å²) in [6.07, 6.45) is -1.35. The second-order valence-corrected chi connectivity index (χ2v) is 23.6. The summed E-state index contributed by atoms with van der Waals surface area (Å²) in [6.45, 7) is -1.81. The quantitative estimate of drug-likeness (QED) is 0.0330. The van der Waals surface area contributed by atoms with E-state index in [9.17, 15) is 69.1 Å². The van der Waals surface area contributed by atoms with Crippen molar-refractivity contribution in [2.45, 2.75) is 19.6 Å². The summed E-state index contributed by atoms with van der Waals surface area (Å²) in [5.74, 6) is -3.86. The van der Waals surface area contributed by atoms with Crippen molar-refractivity contribution in [1.29, 1.82) is 0 Å². The van der Waals surface area contributed by atoms with Gasteiger partial charge in [0.05, 0.1) is 47.3 Å². The Morgan fingerprint density at radius 1 is 0.568 bits per heavy atom. The third-order valence-electron chi connectivity index (χ3n) is 9.52. The van der Waals surface area contributed by atoms with E-state index in [1.807, 2.05) is 0 Å². The van der Waals surface area contributed by atoms with E-state index in [0.717, 1.165) is 61.7 Å². The van der Waals surface area contributed by atoms with Crippen LogP contribution in [-0.2, 0) is 69.1 Å². The molecule has 0 saturated heterocycles. The summed E-state index contributed by atoms with van der Waals surface area (Å²) in [7, 11) is -26.1. The Bertz CT molecular complexity index is 3950. The van der Waals surface area contributed by atoms with E-state index in [4.69, 9.17) is 13.8 Å². The van der Waals surface area contributed by atoms with E-state index < -0.39 is 135 Å². The molecule has 6 rings (SSSR count). The molecule has 0 saturated carbocycles. The molecule has 1 heterocycles. The van der Waals surface area contributed by atoms with Gasteiger partial charge >= 0.3 is 26.9 Å². The lowest BCUT2D eigenvalue weighted by Crippen LogP contribution is -2.15. The predicted octanol–water partition coefficient (Wildman–Crippen LogP) is 4.92. The summed E-state index contributed by atoms with van der Waals surface area (Å²) >= 11 is 0. The number of phenolic OH excluding ortho intramolecular Hbond substituents is 1. The molecule has 0 aliphatic heterocycles. The van der Waals surface area contributed by atoms with Crippen LogP contribution in [0, 0.1) is 6.08 Å². The van der Waals surface area contributed by atoms with Crippen molar-refractivity contribution >= 4 is 123 Å². The highest BCUT2D eigenvalue weighted by molar-refractivity contribution is 7.91. The van der Waals surface area contributed by atoms with Gasteiger partial charge in [0.2, 0.25) is 11.9 Å². The third-order valence-corrected chi connectivity index (χ3v) is 15.6. The smallest absolute Gasteiger partial charge is 0.397 e. The molecule has 8 N–H and O–H groups in total. The van der Waals surface area contributed by atoms with Crippen LogP contribution in [0.25, 0.3) is 10.8 Å². The summed E-state index contributed by atoms with van der Waals surface area (Å²) in [5.41, 5.74) is -1.94. The molecule has 74 heavy (non-hydrogen) atoms. The third kappa shape index (κ3) is 14.4. The molecule has 6 aromatic rings. The van der Waals surface area contributed by atoms with Crippen molar-refractivity contribution < 1.29 is 91.3 Å². The Kier molecular flexibility index (Phi) is 16.6. The average molecular weight is 1150 g/mol. The number of fused-ring (bicyclic) bond motifs is 1. The minimum Gasteiger partial charge on any atom is -0.505 e. The standard InChI is InChI=1S/C37H35FN10O20S6/c1-39-27-11-9-24-25(19-31(72(57,58)59)33(34(24)49)48-45-26-10-8-23(18-29(26)66-2)70(52,53)16-14-68-74(63,64)65)32(27)47-46-28-17-21(5-12-30(28)71(54,55)56)41-37-43-35(38)42-36(44-37)40-20-3-6-22(7-4-20)69(50,51)15-13-67-73(60,61)62/h3-12,17-19,39,49H,13-16H2,1-2H3,(H,54,55,56)(H,57,58,59)(H,60,61,62)(H,63,64,65)(H2,40,41,42,43,44)/b47-46+,48-45+. The van der Waals surface area contributed by atoms with Gasteiger partial charge in [-0.05, 0) is 72.8 Å². The number of rotatable bonds is 22. The largest absolute Gasteiger partial charge is 0.505 e. The van der Waals surface area contributed by atoms with Crippen molar-refractivity contribution in [3.8, 4) is 11.5 Å². The van der Waals surface area contributed by atoms with Crippen LogP contribution in [0.1, 0.15) is 0 Å². The second kappa shape index (κ2) is 21.8. The normalized spacial score (nSPS) is 12.9. The van der Waals surface area contributed by atoms with Crippen molar-refractivity contribution in [2.75, 3.05) is 54.8 Å². The average Bonchev–Trinajstić information content (AvgIpc) is 3.28. The SMILES string of the molecule is CNc1ccc2c(O)c(/N=N/c3ccc(S(=O)(=O)CCOS(=O)(=O)O)cc3OC)c(S(=O)(=O)O)cc2c1/N=N/c1cc(Nc2nc(F)nc(Nc3ccc(S(=O)(=O)CCOS(=O)(=O)O)cc3)n2)ccc1S(=O)(=O)O. The zero-order valence-corrected chi connectivity index (χ0v) is 42.1. The Labute approximate surface area is 418 Å². The fourth-order valence-corrected chi connectivity index (χ4v) is 10.5. The van der Waals surface area contributed by atoms with Crippen LogP contribution in [-0.4, -0.2) is 128 Å². The second-order valence-electron chi connectivity index (χ2n) is 14.4. The highest BCUT2D eigenvalue weighted by Gasteiger charge is 2.26. The first kappa shape index (κ1) is 56.3. The first-order valence-corrected chi connectivity index (χ1v) is 28.6. The minimum absolute atomic E-state index is 0.0607. The molecule has 0 aliphatic carbocycles. The Balaban J connectivity index is 1.32. The van der Waals surface area contributed by atoms with Gasteiger partial charge in [-0.1, -0.05) is 0 Å². The Hall–Kier alpha value is -7.04. The number of anilines is 5. The molecule has 0 amide bonds. The molecule has 30 nitrogen and oxygen atoms in total. The number of ether oxygens (including phenoxy) is 1. The highest BCUT2D eigenvalue weighted by Crippen LogP contribution is 2.47. The minimum atomic E-state index is -5.32. The summed E-state index contributed by atoms with van der Waals surface area (Å²) in [6, 6.07) is 14.0. The number of phenols is 1. The number of nitrogens with one attached hydrogen (secondary N) is 3. The Morgan fingerprint density at radius 2 is 1.09 bits per heavy atom. The maximum Gasteiger partial charge on any atom is 0.397 e. The highest BCUT2D eigenvalue weighted by atomic mass is 32.3. The summed E-state index contributed by atoms with van der Waals surface area (Å²) in [5, 5.41) is 34.7. The van der Waals surface area contributed by atoms with Crippen LogP contribution in [0.3, 0.4) is 0 Å². The lowest BCUT2D eigenvalue weighted by molar-refractivity contribution is 0.282. The first-order valence-electron chi connectivity index (χ1n) is 19.7. The van der Waals surface area contributed by atoms with Crippen molar-refractivity contribution in [1.82, 2.24) is 15.0 Å². The van der Waals surface area contributed by atoms with E-state index in [0.29, 0.717) is 0 Å². The maximum absolute atomic E-state index is 14.7. The topological polar surface area (TPSA) is 458 Å². The molecule has 0 radical (unpaired) electrons. The fraction of sp³-hybridized carbons (Fsp3) is 0.162. The van der Waals surface area contributed by atoms with Gasteiger partial charge in [-0.15, -0.1) is 20.5 Å². The monoisotopic (exact) mass is 1150 g/mol. The van der Waals surface area contributed by atoms with Crippen LogP contribution in [0.15, 0.2) is 119 Å². The number of benzene rings is 5. The van der Waals surface area contributed by atoms with Gasteiger partial charge in [0.15, 0.2) is 25.4 Å². The van der Waals surface area contributed by atoms with Crippen molar-refractivity contribution in [3.05, 3.63) is 84.9 Å². The molecule has 0 fully saturated rings. The number of methoxy groups -OCH3 is 1. The zero-order chi connectivity index (χ0) is 54.6. The molecule has 5 aromatic carbocycles. The zero-order valence-electron chi connectivity index (χ0n) is 37.2. The van der Waals surface area contributed by atoms with E-state index in [2.05, 4.69) is 59.7 Å². The van der Waals surface area contributed by atoms with Crippen LogP contribution in [0.5, 0.6) is 11.5 Å². The van der Waals surface area contributed by atoms with Gasteiger partial charge in [-0.3, -0.25) is 18.2 Å². The molecular formula is C37H35FN10O20S6. The number of hydrogen-bond donors (Lipinski definition) is 8. The number of aromatic hydroxyl groups is 1. The van der Waals surface area contributed by atoms with Gasteiger partial charge in [0.25, 0.3) is 20.2 Å². The summed E-state index contributed by atoms with van der Waals surface area (Å²) in [4.78, 5) is 8.49. The van der Waals surface area contributed by atoms with Gasteiger partial charge < -0.3 is 25.8 Å². The molecular weight excluding hydrogens is 1120 g/mol. The van der Waals surface area contributed by atoms with Crippen LogP contribution in [0.4, 0.5) is 56.1 Å². The number of aromatic nitrogens is 3. The van der Waals surface area contributed by atoms with E-state index in [-0.39, 0.29) is 49.9 Å². The molecule has 1 aromatic heterocycles. The maximum atomic E-state index is 14.7.